The summed E-state index contributed by atoms with van der Waals surface area (Å²) in [5.74, 6) is -2.90. The standard InChI is InChI=1S/C18H20O7/c1-9(19)14-7-13(8-25-6-5-15(23)24)16(10(2)20)18(12(4)22)17(14)11(3)21/h7H,5-6,8H2,1-4H3,(H,23,24). The lowest BCUT2D eigenvalue weighted by Gasteiger charge is -2.17. The number of carboxylic acid groups (broad SMARTS) is 1. The Bertz CT molecular complexity index is 759. The van der Waals surface area contributed by atoms with E-state index < -0.39 is 29.1 Å². The van der Waals surface area contributed by atoms with Crippen molar-refractivity contribution in [2.75, 3.05) is 6.61 Å². The first-order valence-electron chi connectivity index (χ1n) is 7.61. The van der Waals surface area contributed by atoms with E-state index in [-0.39, 0.29) is 47.5 Å². The van der Waals surface area contributed by atoms with Crippen LogP contribution in [-0.2, 0) is 16.1 Å². The van der Waals surface area contributed by atoms with Crippen LogP contribution in [0.2, 0.25) is 0 Å². The van der Waals surface area contributed by atoms with Gasteiger partial charge in [0.25, 0.3) is 0 Å². The van der Waals surface area contributed by atoms with Gasteiger partial charge in [0.15, 0.2) is 23.1 Å². The number of hydrogen-bond donors (Lipinski definition) is 1. The molecule has 0 aromatic heterocycles. The summed E-state index contributed by atoms with van der Waals surface area (Å²) < 4.78 is 5.25. The van der Waals surface area contributed by atoms with E-state index in [4.69, 9.17) is 9.84 Å². The molecule has 0 saturated carbocycles. The van der Waals surface area contributed by atoms with Gasteiger partial charge in [0.2, 0.25) is 0 Å². The van der Waals surface area contributed by atoms with E-state index in [9.17, 15) is 24.0 Å². The minimum atomic E-state index is -1.03. The van der Waals surface area contributed by atoms with Crippen LogP contribution in [0.3, 0.4) is 0 Å². The molecule has 0 heterocycles. The topological polar surface area (TPSA) is 115 Å². The van der Waals surface area contributed by atoms with E-state index >= 15 is 0 Å². The van der Waals surface area contributed by atoms with Gasteiger partial charge in [-0.3, -0.25) is 24.0 Å². The molecule has 1 aromatic rings. The Morgan fingerprint density at radius 2 is 1.36 bits per heavy atom. The van der Waals surface area contributed by atoms with Crippen molar-refractivity contribution in [3.05, 3.63) is 33.9 Å². The van der Waals surface area contributed by atoms with Gasteiger partial charge in [-0.15, -0.1) is 0 Å². The molecule has 0 atom stereocenters. The van der Waals surface area contributed by atoms with Crippen LogP contribution in [0.15, 0.2) is 6.07 Å². The molecule has 0 saturated heterocycles. The molecule has 0 spiro atoms. The number of aliphatic carboxylic acids is 1. The molecule has 0 radical (unpaired) electrons. The van der Waals surface area contributed by atoms with Crippen LogP contribution in [0.5, 0.6) is 0 Å². The monoisotopic (exact) mass is 348 g/mol. The zero-order valence-electron chi connectivity index (χ0n) is 14.6. The first kappa shape index (κ1) is 20.4. The van der Waals surface area contributed by atoms with Gasteiger partial charge in [0.1, 0.15) is 0 Å². The maximum absolute atomic E-state index is 12.1. The van der Waals surface area contributed by atoms with E-state index in [0.717, 1.165) is 0 Å². The number of ketones is 4. The zero-order valence-corrected chi connectivity index (χ0v) is 14.6. The molecule has 0 fully saturated rings. The Balaban J connectivity index is 3.57. The van der Waals surface area contributed by atoms with Crippen LogP contribution in [0.4, 0.5) is 0 Å². The molecule has 1 N–H and O–H groups in total. The molecule has 0 bridgehead atoms. The van der Waals surface area contributed by atoms with Crippen molar-refractivity contribution in [2.24, 2.45) is 0 Å². The summed E-state index contributed by atoms with van der Waals surface area (Å²) in [5.41, 5.74) is 0.180. The third kappa shape index (κ3) is 4.90. The van der Waals surface area contributed by atoms with Gasteiger partial charge in [0, 0.05) is 22.3 Å². The summed E-state index contributed by atoms with van der Waals surface area (Å²) >= 11 is 0. The fourth-order valence-electron chi connectivity index (χ4n) is 2.59. The normalized spacial score (nSPS) is 10.4. The van der Waals surface area contributed by atoms with Crippen molar-refractivity contribution in [2.45, 2.75) is 40.7 Å². The van der Waals surface area contributed by atoms with Gasteiger partial charge in [0.05, 0.1) is 19.6 Å². The second-order valence-electron chi connectivity index (χ2n) is 5.63. The quantitative estimate of drug-likeness (QED) is 0.538. The predicted octanol–water partition coefficient (Wildman–Crippen LogP) is 2.49. The van der Waals surface area contributed by atoms with E-state index in [1.807, 2.05) is 0 Å². The van der Waals surface area contributed by atoms with Crippen LogP contribution < -0.4 is 0 Å². The highest BCUT2D eigenvalue weighted by molar-refractivity contribution is 6.19. The van der Waals surface area contributed by atoms with Gasteiger partial charge in [-0.05, 0) is 39.3 Å². The predicted molar refractivity (Wildman–Crippen MR) is 88.4 cm³/mol. The first-order chi connectivity index (χ1) is 11.6. The smallest absolute Gasteiger partial charge is 0.305 e. The number of rotatable bonds is 9. The molecule has 25 heavy (non-hydrogen) atoms. The summed E-state index contributed by atoms with van der Waals surface area (Å²) in [6, 6.07) is 1.36. The number of Topliss-reactive ketones (excluding diaryl/α,β-unsaturated/α-hetero) is 4. The molecule has 1 aromatic carbocycles. The number of benzene rings is 1. The Morgan fingerprint density at radius 3 is 1.76 bits per heavy atom. The van der Waals surface area contributed by atoms with Crippen molar-refractivity contribution >= 4 is 29.1 Å². The zero-order chi connectivity index (χ0) is 19.3. The molecule has 0 amide bonds. The largest absolute Gasteiger partial charge is 0.481 e. The summed E-state index contributed by atoms with van der Waals surface area (Å²) in [6.07, 6.45) is -0.222. The maximum Gasteiger partial charge on any atom is 0.305 e. The summed E-state index contributed by atoms with van der Waals surface area (Å²) in [4.78, 5) is 58.7. The molecular formula is C18H20O7. The van der Waals surface area contributed by atoms with Crippen molar-refractivity contribution in [3.8, 4) is 0 Å². The van der Waals surface area contributed by atoms with E-state index in [1.165, 1.54) is 33.8 Å². The van der Waals surface area contributed by atoms with Crippen LogP contribution in [0.25, 0.3) is 0 Å². The van der Waals surface area contributed by atoms with Crippen molar-refractivity contribution in [1.29, 1.82) is 0 Å². The summed E-state index contributed by atoms with van der Waals surface area (Å²) in [6.45, 7) is 4.70. The molecule has 1 rings (SSSR count). The minimum absolute atomic E-state index is 0.0259. The van der Waals surface area contributed by atoms with Crippen LogP contribution in [0.1, 0.15) is 81.1 Å². The van der Waals surface area contributed by atoms with Crippen LogP contribution >= 0.6 is 0 Å². The SMILES string of the molecule is CC(=O)c1cc(COCCC(=O)O)c(C(C)=O)c(C(C)=O)c1C(C)=O. The fourth-order valence-corrected chi connectivity index (χ4v) is 2.59. The van der Waals surface area contributed by atoms with E-state index in [2.05, 4.69) is 0 Å². The third-order valence-electron chi connectivity index (χ3n) is 3.56. The highest BCUT2D eigenvalue weighted by atomic mass is 16.5. The van der Waals surface area contributed by atoms with Gasteiger partial charge in [-0.2, -0.15) is 0 Å². The first-order valence-corrected chi connectivity index (χ1v) is 7.61. The van der Waals surface area contributed by atoms with Crippen LogP contribution in [0, 0.1) is 0 Å². The van der Waals surface area contributed by atoms with Gasteiger partial charge < -0.3 is 9.84 Å². The van der Waals surface area contributed by atoms with Crippen molar-refractivity contribution < 1.29 is 33.8 Å². The molecule has 7 nitrogen and oxygen atoms in total. The Labute approximate surface area is 145 Å². The van der Waals surface area contributed by atoms with E-state index in [0.29, 0.717) is 0 Å². The number of hydrogen-bond acceptors (Lipinski definition) is 6. The van der Waals surface area contributed by atoms with Gasteiger partial charge >= 0.3 is 5.97 Å². The molecule has 134 valence electrons. The van der Waals surface area contributed by atoms with E-state index in [1.54, 1.807) is 0 Å². The molecule has 0 unspecified atom stereocenters. The summed E-state index contributed by atoms with van der Waals surface area (Å²) in [7, 11) is 0. The van der Waals surface area contributed by atoms with Gasteiger partial charge in [-0.25, -0.2) is 0 Å². The molecule has 0 aliphatic rings. The average Bonchev–Trinajstić information content (AvgIpc) is 2.48. The third-order valence-corrected chi connectivity index (χ3v) is 3.56. The molecule has 0 aliphatic carbocycles. The highest BCUT2D eigenvalue weighted by Crippen LogP contribution is 2.27. The number of carbonyl (C=O) groups excluding carboxylic acids is 4. The second kappa shape index (κ2) is 8.43. The van der Waals surface area contributed by atoms with Crippen molar-refractivity contribution in [3.63, 3.8) is 0 Å². The number of carboxylic acids is 1. The Kier molecular flexibility index (Phi) is 6.87. The van der Waals surface area contributed by atoms with Gasteiger partial charge in [-0.1, -0.05) is 0 Å². The lowest BCUT2D eigenvalue weighted by atomic mass is 9.85. The lowest BCUT2D eigenvalue weighted by molar-refractivity contribution is -0.138. The van der Waals surface area contributed by atoms with Crippen molar-refractivity contribution in [1.82, 2.24) is 0 Å². The Hall–Kier alpha value is -2.67. The minimum Gasteiger partial charge on any atom is -0.481 e. The summed E-state index contributed by atoms with van der Waals surface area (Å²) in [5, 5.41) is 8.62. The number of ether oxygens (including phenoxy) is 1. The van der Waals surface area contributed by atoms with Crippen LogP contribution in [-0.4, -0.2) is 40.8 Å². The maximum atomic E-state index is 12.1. The molecular weight excluding hydrogens is 328 g/mol. The highest BCUT2D eigenvalue weighted by Gasteiger charge is 2.27. The number of carbonyl (C=O) groups is 5. The molecule has 7 heteroatoms. The second-order valence-corrected chi connectivity index (χ2v) is 5.63. The Morgan fingerprint density at radius 1 is 0.840 bits per heavy atom. The fraction of sp³-hybridized carbons (Fsp3) is 0.389. The lowest BCUT2D eigenvalue weighted by Crippen LogP contribution is -2.19. The molecule has 0 aliphatic heterocycles. The average molecular weight is 348 g/mol.